The molecule has 144 valence electrons. The summed E-state index contributed by atoms with van der Waals surface area (Å²) in [6, 6.07) is 13.5. The van der Waals surface area contributed by atoms with Crippen molar-refractivity contribution in [3.8, 4) is 0 Å². The van der Waals surface area contributed by atoms with E-state index in [9.17, 15) is 9.59 Å². The molecule has 1 atom stereocenters. The minimum Gasteiger partial charge on any atom is -0.332 e. The van der Waals surface area contributed by atoms with Crippen LogP contribution in [0.15, 0.2) is 42.5 Å². The van der Waals surface area contributed by atoms with Crippen LogP contribution >= 0.6 is 11.6 Å². The lowest BCUT2D eigenvalue weighted by Gasteiger charge is -2.20. The van der Waals surface area contributed by atoms with Crippen LogP contribution in [-0.4, -0.2) is 43.9 Å². The zero-order valence-corrected chi connectivity index (χ0v) is 17.1. The molecule has 0 aliphatic carbocycles. The number of nitrogens with one attached hydrogen (secondary N) is 2. The van der Waals surface area contributed by atoms with Gasteiger partial charge in [-0.1, -0.05) is 41.9 Å². The Labute approximate surface area is 165 Å². The Morgan fingerprint density at radius 1 is 1.07 bits per heavy atom. The predicted octanol–water partition coefficient (Wildman–Crippen LogP) is 2.07. The van der Waals surface area contributed by atoms with E-state index in [1.54, 1.807) is 7.05 Å². The monoisotopic (exact) mass is 388 g/mol. The number of carbonyl (C=O) groups is 2. The smallest absolute Gasteiger partial charge is 0.277 e. The molecular formula is C21H27ClN3O2+. The van der Waals surface area contributed by atoms with E-state index in [2.05, 4.69) is 5.32 Å². The van der Waals surface area contributed by atoms with E-state index in [1.807, 2.05) is 63.4 Å². The van der Waals surface area contributed by atoms with Gasteiger partial charge in [0.15, 0.2) is 6.54 Å². The fourth-order valence-corrected chi connectivity index (χ4v) is 3.03. The van der Waals surface area contributed by atoms with Crippen LogP contribution in [0.2, 0.25) is 5.02 Å². The molecule has 1 unspecified atom stereocenters. The van der Waals surface area contributed by atoms with Crippen LogP contribution in [0.1, 0.15) is 16.7 Å². The molecule has 2 N–H and O–H groups in total. The summed E-state index contributed by atoms with van der Waals surface area (Å²) in [6.45, 7) is 4.96. The topological polar surface area (TPSA) is 53.9 Å². The van der Waals surface area contributed by atoms with Gasteiger partial charge in [0.2, 0.25) is 5.91 Å². The van der Waals surface area contributed by atoms with Gasteiger partial charge in [-0.15, -0.1) is 0 Å². The molecule has 2 aromatic rings. The number of nitrogens with zero attached hydrogens (tertiary/aromatic N) is 1. The highest BCUT2D eigenvalue weighted by Crippen LogP contribution is 2.19. The average molecular weight is 389 g/mol. The molecule has 5 nitrogen and oxygen atoms in total. The Kier molecular flexibility index (Phi) is 7.39. The van der Waals surface area contributed by atoms with Gasteiger partial charge < -0.3 is 15.1 Å². The number of quaternary nitrogens is 1. The van der Waals surface area contributed by atoms with Gasteiger partial charge in [0.1, 0.15) is 6.54 Å². The number of anilines is 1. The number of benzene rings is 2. The number of halogens is 1. The number of hydrogen-bond acceptors (Lipinski definition) is 2. The van der Waals surface area contributed by atoms with Crippen molar-refractivity contribution < 1.29 is 14.5 Å². The molecule has 2 aromatic carbocycles. The van der Waals surface area contributed by atoms with Gasteiger partial charge in [-0.05, 0) is 37.1 Å². The van der Waals surface area contributed by atoms with E-state index < -0.39 is 0 Å². The third kappa shape index (κ3) is 6.38. The molecule has 0 fully saturated rings. The lowest BCUT2D eigenvalue weighted by molar-refractivity contribution is -0.885. The Bertz CT molecular complexity index is 785. The third-order valence-electron chi connectivity index (χ3n) is 4.42. The summed E-state index contributed by atoms with van der Waals surface area (Å²) < 4.78 is 0. The largest absolute Gasteiger partial charge is 0.332 e. The molecule has 0 radical (unpaired) electrons. The summed E-state index contributed by atoms with van der Waals surface area (Å²) in [6.07, 6.45) is 0. The van der Waals surface area contributed by atoms with E-state index in [1.165, 1.54) is 4.90 Å². The van der Waals surface area contributed by atoms with Crippen LogP contribution in [0.25, 0.3) is 0 Å². The molecule has 0 aliphatic heterocycles. The molecular weight excluding hydrogens is 362 g/mol. The predicted molar refractivity (Wildman–Crippen MR) is 109 cm³/mol. The van der Waals surface area contributed by atoms with Crippen LogP contribution in [0, 0.1) is 13.8 Å². The maximum atomic E-state index is 12.4. The van der Waals surface area contributed by atoms with Crippen LogP contribution in [0.3, 0.4) is 0 Å². The summed E-state index contributed by atoms with van der Waals surface area (Å²) in [5.41, 5.74) is 3.93. The number of carbonyl (C=O) groups excluding carboxylic acids is 2. The van der Waals surface area contributed by atoms with Crippen LogP contribution in [-0.2, 0) is 16.1 Å². The van der Waals surface area contributed by atoms with Crippen molar-refractivity contribution in [2.45, 2.75) is 20.4 Å². The molecule has 0 saturated carbocycles. The first-order chi connectivity index (χ1) is 12.8. The Morgan fingerprint density at radius 2 is 1.67 bits per heavy atom. The Morgan fingerprint density at radius 3 is 2.26 bits per heavy atom. The van der Waals surface area contributed by atoms with Crippen molar-refractivity contribution >= 4 is 29.1 Å². The summed E-state index contributed by atoms with van der Waals surface area (Å²) in [5.74, 6) is -0.267. The lowest BCUT2D eigenvalue weighted by Crippen LogP contribution is -3.08. The summed E-state index contributed by atoms with van der Waals surface area (Å²) in [5, 5.41) is 3.61. The minimum absolute atomic E-state index is 0.0286. The maximum absolute atomic E-state index is 12.4. The molecule has 0 bridgehead atoms. The minimum atomic E-state index is -0.196. The second kappa shape index (κ2) is 9.53. The number of hydrogen-bond donors (Lipinski definition) is 2. The Hall–Kier alpha value is -2.37. The lowest BCUT2D eigenvalue weighted by atomic mass is 10.1. The Balaban J connectivity index is 1.85. The molecule has 2 rings (SSSR count). The van der Waals surface area contributed by atoms with Gasteiger partial charge in [-0.3, -0.25) is 9.59 Å². The number of para-hydroxylation sites is 1. The number of aryl methyl sites for hydroxylation is 2. The van der Waals surface area contributed by atoms with E-state index in [0.29, 0.717) is 18.1 Å². The van der Waals surface area contributed by atoms with Gasteiger partial charge >= 0.3 is 0 Å². The number of rotatable bonds is 7. The van der Waals surface area contributed by atoms with Crippen molar-refractivity contribution in [2.24, 2.45) is 0 Å². The SMILES string of the molecule is Cc1cccc(C)c1NC(=O)CN(C)C(=O)C[NH+](C)Cc1ccc(Cl)cc1. The highest BCUT2D eigenvalue weighted by atomic mass is 35.5. The first kappa shape index (κ1) is 20.9. The normalized spacial score (nSPS) is 11.7. The fraction of sp³-hybridized carbons (Fsp3) is 0.333. The molecule has 0 aliphatic rings. The molecule has 0 aromatic heterocycles. The molecule has 0 spiro atoms. The first-order valence-corrected chi connectivity index (χ1v) is 9.30. The van der Waals surface area contributed by atoms with Crippen LogP contribution in [0.4, 0.5) is 5.69 Å². The van der Waals surface area contributed by atoms with Gasteiger partial charge in [0.25, 0.3) is 5.91 Å². The van der Waals surface area contributed by atoms with Crippen molar-refractivity contribution in [1.82, 2.24) is 4.90 Å². The highest BCUT2D eigenvalue weighted by molar-refractivity contribution is 6.30. The molecule has 0 saturated heterocycles. The highest BCUT2D eigenvalue weighted by Gasteiger charge is 2.18. The molecule has 6 heteroatoms. The zero-order valence-electron chi connectivity index (χ0n) is 16.3. The van der Waals surface area contributed by atoms with Gasteiger partial charge in [-0.25, -0.2) is 0 Å². The standard InChI is InChI=1S/C21H26ClN3O2/c1-15-6-5-7-16(2)21(15)23-19(26)13-25(4)20(27)14-24(3)12-17-8-10-18(22)11-9-17/h5-11H,12-14H2,1-4H3,(H,23,26)/p+1. The average Bonchev–Trinajstić information content (AvgIpc) is 2.60. The van der Waals surface area contributed by atoms with Gasteiger partial charge in [0, 0.05) is 23.3 Å². The van der Waals surface area contributed by atoms with Gasteiger partial charge in [-0.2, -0.15) is 0 Å². The summed E-state index contributed by atoms with van der Waals surface area (Å²) in [7, 11) is 3.61. The second-order valence-electron chi connectivity index (χ2n) is 7.00. The second-order valence-corrected chi connectivity index (χ2v) is 7.44. The third-order valence-corrected chi connectivity index (χ3v) is 4.68. The molecule has 0 heterocycles. The molecule has 2 amide bonds. The molecule has 27 heavy (non-hydrogen) atoms. The first-order valence-electron chi connectivity index (χ1n) is 8.92. The quantitative estimate of drug-likeness (QED) is 0.763. The van der Waals surface area contributed by atoms with E-state index in [4.69, 9.17) is 11.6 Å². The van der Waals surface area contributed by atoms with Crippen LogP contribution in [0.5, 0.6) is 0 Å². The van der Waals surface area contributed by atoms with E-state index in [0.717, 1.165) is 27.3 Å². The van der Waals surface area contributed by atoms with Gasteiger partial charge in [0.05, 0.1) is 13.6 Å². The van der Waals surface area contributed by atoms with Crippen molar-refractivity contribution in [1.29, 1.82) is 0 Å². The van der Waals surface area contributed by atoms with Crippen molar-refractivity contribution in [3.63, 3.8) is 0 Å². The van der Waals surface area contributed by atoms with Crippen molar-refractivity contribution in [3.05, 3.63) is 64.2 Å². The van der Waals surface area contributed by atoms with E-state index >= 15 is 0 Å². The number of likely N-dealkylation sites (N-methyl/N-ethyl adjacent to an activating group) is 2. The maximum Gasteiger partial charge on any atom is 0.277 e. The number of amides is 2. The summed E-state index contributed by atoms with van der Waals surface area (Å²) in [4.78, 5) is 27.3. The van der Waals surface area contributed by atoms with Crippen molar-refractivity contribution in [2.75, 3.05) is 32.5 Å². The fourth-order valence-electron chi connectivity index (χ4n) is 2.90. The van der Waals surface area contributed by atoms with Crippen LogP contribution < -0.4 is 10.2 Å². The van der Waals surface area contributed by atoms with E-state index in [-0.39, 0.29) is 18.4 Å². The summed E-state index contributed by atoms with van der Waals surface area (Å²) >= 11 is 5.89. The zero-order chi connectivity index (χ0) is 20.0.